The van der Waals surface area contributed by atoms with E-state index < -0.39 is 5.82 Å². The van der Waals surface area contributed by atoms with E-state index in [1.54, 1.807) is 18.2 Å². The van der Waals surface area contributed by atoms with Crippen LogP contribution in [0.3, 0.4) is 0 Å². The third-order valence-corrected chi connectivity index (χ3v) is 3.43. The molecule has 0 aliphatic heterocycles. The number of carbonyl (C=O) groups excluding carboxylic acids is 1. The molecular weight excluding hydrogens is 349 g/mol. The summed E-state index contributed by atoms with van der Waals surface area (Å²) in [6.07, 6.45) is 0. The average molecular weight is 359 g/mol. The van der Waals surface area contributed by atoms with Crippen molar-refractivity contribution >= 4 is 39.1 Å². The number of hydrogen-bond acceptors (Lipinski definition) is 2. The van der Waals surface area contributed by atoms with E-state index in [0.29, 0.717) is 22.0 Å². The summed E-state index contributed by atoms with van der Waals surface area (Å²) >= 11 is 8.90. The van der Waals surface area contributed by atoms with Gasteiger partial charge in [-0.2, -0.15) is 0 Å². The second-order valence-electron chi connectivity index (χ2n) is 3.93. The number of ether oxygens (including phenoxy) is 1. The summed E-state index contributed by atoms with van der Waals surface area (Å²) in [6.45, 7) is 0. The zero-order valence-electron chi connectivity index (χ0n) is 10.4. The van der Waals surface area contributed by atoms with Gasteiger partial charge in [0.25, 0.3) is 5.91 Å². The highest BCUT2D eigenvalue weighted by Gasteiger charge is 2.13. The lowest BCUT2D eigenvalue weighted by molar-refractivity contribution is 0.102. The van der Waals surface area contributed by atoms with E-state index >= 15 is 0 Å². The maximum atomic E-state index is 13.1. The molecule has 0 saturated heterocycles. The molecule has 6 heteroatoms. The molecule has 0 spiro atoms. The molecule has 1 N–H and O–H groups in total. The summed E-state index contributed by atoms with van der Waals surface area (Å²) in [6, 6.07) is 8.93. The minimum Gasteiger partial charge on any atom is -0.496 e. The number of methoxy groups -OCH3 is 1. The van der Waals surface area contributed by atoms with Gasteiger partial charge >= 0.3 is 0 Å². The molecule has 0 saturated carbocycles. The molecule has 0 aromatic heterocycles. The largest absolute Gasteiger partial charge is 0.496 e. The molecule has 1 amide bonds. The van der Waals surface area contributed by atoms with Crippen LogP contribution in [0.15, 0.2) is 40.9 Å². The molecule has 0 aliphatic rings. The lowest BCUT2D eigenvalue weighted by Gasteiger charge is -2.10. The molecule has 0 fully saturated rings. The molecule has 104 valence electrons. The van der Waals surface area contributed by atoms with Gasteiger partial charge in [-0.3, -0.25) is 4.79 Å². The molecule has 20 heavy (non-hydrogen) atoms. The lowest BCUT2D eigenvalue weighted by Crippen LogP contribution is -2.13. The summed E-state index contributed by atoms with van der Waals surface area (Å²) in [4.78, 5) is 12.2. The van der Waals surface area contributed by atoms with E-state index in [0.717, 1.165) is 0 Å². The molecule has 0 bridgehead atoms. The van der Waals surface area contributed by atoms with Crippen LogP contribution in [0.2, 0.25) is 5.02 Å². The van der Waals surface area contributed by atoms with Crippen molar-refractivity contribution in [1.29, 1.82) is 0 Å². The third-order valence-electron chi connectivity index (χ3n) is 2.59. The Bertz CT molecular complexity index is 664. The van der Waals surface area contributed by atoms with Crippen LogP contribution >= 0.6 is 27.5 Å². The number of halogens is 3. The molecule has 0 atom stereocenters. The van der Waals surface area contributed by atoms with Crippen molar-refractivity contribution in [2.24, 2.45) is 0 Å². The predicted molar refractivity (Wildman–Crippen MR) is 80.1 cm³/mol. The zero-order valence-corrected chi connectivity index (χ0v) is 12.8. The van der Waals surface area contributed by atoms with Crippen molar-refractivity contribution in [1.82, 2.24) is 0 Å². The normalized spacial score (nSPS) is 10.2. The van der Waals surface area contributed by atoms with Gasteiger partial charge in [-0.1, -0.05) is 11.6 Å². The van der Waals surface area contributed by atoms with Gasteiger partial charge in [0.05, 0.1) is 17.1 Å². The van der Waals surface area contributed by atoms with Crippen LogP contribution < -0.4 is 10.1 Å². The molecule has 0 heterocycles. The van der Waals surface area contributed by atoms with Crippen LogP contribution in [0.4, 0.5) is 10.1 Å². The number of hydrogen-bond donors (Lipinski definition) is 1. The topological polar surface area (TPSA) is 38.3 Å². The van der Waals surface area contributed by atoms with Gasteiger partial charge in [0, 0.05) is 10.7 Å². The van der Waals surface area contributed by atoms with E-state index in [4.69, 9.17) is 16.3 Å². The van der Waals surface area contributed by atoms with Crippen LogP contribution in [-0.4, -0.2) is 13.0 Å². The molecule has 0 aliphatic carbocycles. The number of anilines is 1. The fourth-order valence-corrected chi connectivity index (χ4v) is 2.17. The molecule has 2 aromatic rings. The molecule has 2 rings (SSSR count). The Labute approximate surface area is 128 Å². The average Bonchev–Trinajstić information content (AvgIpc) is 2.42. The highest BCUT2D eigenvalue weighted by Crippen LogP contribution is 2.25. The molecule has 3 nitrogen and oxygen atoms in total. The number of rotatable bonds is 3. The SMILES string of the molecule is COc1cc(Cl)ccc1C(=O)Nc1ccc(F)c(Br)c1. The highest BCUT2D eigenvalue weighted by molar-refractivity contribution is 9.10. The Balaban J connectivity index is 2.25. The Morgan fingerprint density at radius 1 is 1.30 bits per heavy atom. The van der Waals surface area contributed by atoms with Crippen molar-refractivity contribution in [2.75, 3.05) is 12.4 Å². The summed E-state index contributed by atoms with van der Waals surface area (Å²) in [5.74, 6) is -0.389. The highest BCUT2D eigenvalue weighted by atomic mass is 79.9. The van der Waals surface area contributed by atoms with Gasteiger partial charge in [0.1, 0.15) is 11.6 Å². The van der Waals surface area contributed by atoms with Crippen LogP contribution in [0.25, 0.3) is 0 Å². The van der Waals surface area contributed by atoms with E-state index in [9.17, 15) is 9.18 Å². The fourth-order valence-electron chi connectivity index (χ4n) is 1.62. The van der Waals surface area contributed by atoms with Crippen molar-refractivity contribution in [3.63, 3.8) is 0 Å². The first-order valence-electron chi connectivity index (χ1n) is 5.61. The zero-order chi connectivity index (χ0) is 14.7. The Hall–Kier alpha value is -1.59. The lowest BCUT2D eigenvalue weighted by atomic mass is 10.2. The number of benzene rings is 2. The van der Waals surface area contributed by atoms with Gasteiger partial charge < -0.3 is 10.1 Å². The molecule has 2 aromatic carbocycles. The smallest absolute Gasteiger partial charge is 0.259 e. The first kappa shape index (κ1) is 14.8. The standard InChI is InChI=1S/C14H10BrClFNO2/c1-20-13-6-8(16)2-4-10(13)14(19)18-9-3-5-12(17)11(15)7-9/h2-7H,1H3,(H,18,19). The van der Waals surface area contributed by atoms with E-state index in [-0.39, 0.29) is 10.4 Å². The summed E-state index contributed by atoms with van der Waals surface area (Å²) in [7, 11) is 1.46. The summed E-state index contributed by atoms with van der Waals surface area (Å²) in [5, 5.41) is 3.14. The second-order valence-corrected chi connectivity index (χ2v) is 5.22. The third kappa shape index (κ3) is 3.29. The van der Waals surface area contributed by atoms with Gasteiger partial charge in [0.2, 0.25) is 0 Å². The molecule has 0 radical (unpaired) electrons. The Morgan fingerprint density at radius 3 is 2.70 bits per heavy atom. The Kier molecular flexibility index (Phi) is 4.62. The summed E-state index contributed by atoms with van der Waals surface area (Å²) < 4.78 is 18.5. The second kappa shape index (κ2) is 6.24. The van der Waals surface area contributed by atoms with E-state index in [2.05, 4.69) is 21.2 Å². The van der Waals surface area contributed by atoms with Crippen molar-refractivity contribution < 1.29 is 13.9 Å². The Morgan fingerprint density at radius 2 is 2.05 bits per heavy atom. The maximum Gasteiger partial charge on any atom is 0.259 e. The van der Waals surface area contributed by atoms with Crippen LogP contribution in [0.1, 0.15) is 10.4 Å². The quantitative estimate of drug-likeness (QED) is 0.877. The van der Waals surface area contributed by atoms with Crippen LogP contribution in [0.5, 0.6) is 5.75 Å². The van der Waals surface area contributed by atoms with Crippen LogP contribution in [0, 0.1) is 5.82 Å². The van der Waals surface area contributed by atoms with Crippen LogP contribution in [-0.2, 0) is 0 Å². The minimum atomic E-state index is -0.396. The number of amides is 1. The van der Waals surface area contributed by atoms with Gasteiger partial charge in [0.15, 0.2) is 0 Å². The van der Waals surface area contributed by atoms with Crippen molar-refractivity contribution in [3.05, 3.63) is 57.3 Å². The molecular formula is C14H10BrClFNO2. The monoisotopic (exact) mass is 357 g/mol. The summed E-state index contributed by atoms with van der Waals surface area (Å²) in [5.41, 5.74) is 0.817. The molecule has 0 unspecified atom stereocenters. The van der Waals surface area contributed by atoms with Crippen molar-refractivity contribution in [3.8, 4) is 5.75 Å². The fraction of sp³-hybridized carbons (Fsp3) is 0.0714. The van der Waals surface area contributed by atoms with Gasteiger partial charge in [-0.05, 0) is 52.3 Å². The maximum absolute atomic E-state index is 13.1. The minimum absolute atomic E-state index is 0.276. The van der Waals surface area contributed by atoms with Gasteiger partial charge in [-0.15, -0.1) is 0 Å². The predicted octanol–water partition coefficient (Wildman–Crippen LogP) is 4.50. The number of nitrogens with one attached hydrogen (secondary N) is 1. The van der Waals surface area contributed by atoms with Gasteiger partial charge in [-0.25, -0.2) is 4.39 Å². The van der Waals surface area contributed by atoms with E-state index in [1.165, 1.54) is 25.3 Å². The number of carbonyl (C=O) groups is 1. The first-order chi connectivity index (χ1) is 9.51. The first-order valence-corrected chi connectivity index (χ1v) is 6.78. The van der Waals surface area contributed by atoms with E-state index in [1.807, 2.05) is 0 Å². The van der Waals surface area contributed by atoms with Crippen molar-refractivity contribution in [2.45, 2.75) is 0 Å².